The molecule has 1 saturated heterocycles. The highest BCUT2D eigenvalue weighted by Gasteiger charge is 2.28. The number of amides is 1. The lowest BCUT2D eigenvalue weighted by molar-refractivity contribution is -0.128. The van der Waals surface area contributed by atoms with E-state index in [4.69, 9.17) is 34.7 Å². The number of likely N-dealkylation sites (tertiary alicyclic amines) is 1. The molecule has 27 heavy (non-hydrogen) atoms. The van der Waals surface area contributed by atoms with Crippen molar-refractivity contribution in [2.24, 2.45) is 11.5 Å². The molecule has 1 unspecified atom stereocenters. The van der Waals surface area contributed by atoms with Crippen LogP contribution >= 0.6 is 23.2 Å². The molecular weight excluding hydrogens is 383 g/mol. The minimum Gasteiger partial charge on any atom is -0.404 e. The topological polar surface area (TPSA) is 77.3 Å². The highest BCUT2D eigenvalue weighted by atomic mass is 35.5. The number of rotatable bonds is 4. The van der Waals surface area contributed by atoms with Gasteiger partial charge in [0.25, 0.3) is 5.91 Å². The number of hydrogen-bond acceptors (Lipinski definition) is 3. The normalized spacial score (nSPS) is 18.9. The lowest BCUT2D eigenvalue weighted by Gasteiger charge is -2.33. The molecule has 1 aliphatic heterocycles. The summed E-state index contributed by atoms with van der Waals surface area (Å²) in [4.78, 5) is 14.6. The Bertz CT molecular complexity index is 912. The number of halogens is 2. The molecule has 0 bridgehead atoms. The number of fused-ring (bicyclic) bond motifs is 1. The van der Waals surface area contributed by atoms with Gasteiger partial charge in [-0.25, -0.2) is 0 Å². The van der Waals surface area contributed by atoms with Gasteiger partial charge in [-0.2, -0.15) is 0 Å². The molecule has 1 aromatic carbocycles. The summed E-state index contributed by atoms with van der Waals surface area (Å²) < 4.78 is 2.31. The second kappa shape index (κ2) is 8.28. The van der Waals surface area contributed by atoms with Crippen molar-refractivity contribution in [2.45, 2.75) is 32.2 Å². The van der Waals surface area contributed by atoms with Gasteiger partial charge in [-0.15, -0.1) is 0 Å². The van der Waals surface area contributed by atoms with E-state index in [0.717, 1.165) is 29.8 Å². The summed E-state index contributed by atoms with van der Waals surface area (Å²) >= 11 is 11.9. The van der Waals surface area contributed by atoms with Crippen LogP contribution in [0.2, 0.25) is 5.02 Å². The quantitative estimate of drug-likeness (QED) is 0.459. The monoisotopic (exact) mass is 406 g/mol. The van der Waals surface area contributed by atoms with E-state index in [1.54, 1.807) is 0 Å². The number of benzene rings is 1. The fourth-order valence-electron chi connectivity index (χ4n) is 3.87. The Kier molecular flexibility index (Phi) is 6.02. The van der Waals surface area contributed by atoms with E-state index in [1.807, 2.05) is 17.0 Å². The van der Waals surface area contributed by atoms with Crippen molar-refractivity contribution in [1.82, 2.24) is 9.47 Å². The number of nitrogens with two attached hydrogens (primary N) is 2. The Morgan fingerprint density at radius 3 is 2.81 bits per heavy atom. The van der Waals surface area contributed by atoms with Gasteiger partial charge in [0, 0.05) is 53.4 Å². The smallest absolute Gasteiger partial charge is 0.255 e. The van der Waals surface area contributed by atoms with Crippen LogP contribution in [-0.4, -0.2) is 28.5 Å². The van der Waals surface area contributed by atoms with Crippen molar-refractivity contribution in [3.8, 4) is 0 Å². The van der Waals surface area contributed by atoms with E-state index in [1.165, 1.54) is 23.5 Å². The van der Waals surface area contributed by atoms with E-state index in [0.29, 0.717) is 18.7 Å². The van der Waals surface area contributed by atoms with Crippen molar-refractivity contribution in [2.75, 3.05) is 13.1 Å². The Balaban J connectivity index is 1.89. The summed E-state index contributed by atoms with van der Waals surface area (Å²) in [6, 6.07) is 8.15. The van der Waals surface area contributed by atoms with Gasteiger partial charge in [0.1, 0.15) is 0 Å². The number of piperidine rings is 1. The number of aromatic nitrogens is 1. The first-order valence-electron chi connectivity index (χ1n) is 9.07. The van der Waals surface area contributed by atoms with Crippen LogP contribution in [0.3, 0.4) is 0 Å². The largest absolute Gasteiger partial charge is 0.404 e. The molecular formula is C20H24Cl2N4O. The van der Waals surface area contributed by atoms with Gasteiger partial charge >= 0.3 is 0 Å². The Labute approximate surface area is 169 Å². The molecule has 0 spiro atoms. The molecule has 4 N–H and O–H groups in total. The van der Waals surface area contributed by atoms with Crippen LogP contribution < -0.4 is 11.5 Å². The second-order valence-corrected chi connectivity index (χ2v) is 7.63. The number of carbonyl (C=O) groups is 1. The summed E-state index contributed by atoms with van der Waals surface area (Å²) in [5, 5.41) is 1.89. The van der Waals surface area contributed by atoms with Gasteiger partial charge in [0.15, 0.2) is 0 Å². The number of carbonyl (C=O) groups excluding carboxylic acids is 1. The van der Waals surface area contributed by atoms with Crippen LogP contribution in [0.15, 0.2) is 47.3 Å². The fraction of sp³-hybridized carbons (Fsp3) is 0.350. The maximum Gasteiger partial charge on any atom is 0.255 e. The molecule has 1 amide bonds. The van der Waals surface area contributed by atoms with E-state index in [2.05, 4.69) is 23.6 Å². The van der Waals surface area contributed by atoms with Crippen LogP contribution in [-0.2, 0) is 11.3 Å². The molecule has 144 valence electrons. The zero-order valence-electron chi connectivity index (χ0n) is 15.3. The maximum atomic E-state index is 12.8. The van der Waals surface area contributed by atoms with Crippen molar-refractivity contribution < 1.29 is 4.79 Å². The average molecular weight is 407 g/mol. The summed E-state index contributed by atoms with van der Waals surface area (Å²) in [5.74, 6) is 0.109. The van der Waals surface area contributed by atoms with E-state index in [-0.39, 0.29) is 17.0 Å². The zero-order chi connectivity index (χ0) is 19.6. The minimum absolute atomic E-state index is 0.0385. The molecule has 0 saturated carbocycles. The Morgan fingerprint density at radius 2 is 2.15 bits per heavy atom. The molecule has 0 aliphatic carbocycles. The van der Waals surface area contributed by atoms with Crippen LogP contribution in [0.5, 0.6) is 0 Å². The maximum absolute atomic E-state index is 12.8. The summed E-state index contributed by atoms with van der Waals surface area (Å²) in [6.07, 6.45) is 4.62. The van der Waals surface area contributed by atoms with Crippen LogP contribution in [0.25, 0.3) is 10.9 Å². The molecule has 2 heterocycles. The molecule has 0 radical (unpaired) electrons. The highest BCUT2D eigenvalue weighted by molar-refractivity contribution is 6.31. The molecule has 1 atom stereocenters. The predicted octanol–water partition coefficient (Wildman–Crippen LogP) is 3.90. The van der Waals surface area contributed by atoms with Crippen LogP contribution in [0, 0.1) is 0 Å². The van der Waals surface area contributed by atoms with Crippen molar-refractivity contribution >= 4 is 40.0 Å². The first-order chi connectivity index (χ1) is 12.9. The molecule has 2 aromatic rings. The third-order valence-corrected chi connectivity index (χ3v) is 5.40. The number of hydrogen-bond donors (Lipinski definition) is 2. The predicted molar refractivity (Wildman–Crippen MR) is 112 cm³/mol. The van der Waals surface area contributed by atoms with Crippen LogP contribution in [0.1, 0.15) is 31.4 Å². The average Bonchev–Trinajstić information content (AvgIpc) is 3.03. The Hall–Kier alpha value is -2.11. The van der Waals surface area contributed by atoms with Crippen molar-refractivity contribution in [1.29, 1.82) is 0 Å². The standard InChI is InChI=1S/C20H24Cl2N4O/c1-2-26-17-6-5-16(21)8-14(17)9-18(26)13-4-3-7-25(12-13)20(27)15(11-23)10-19(22)24/h5-6,8-11,13H,2-4,7,12,23-24H2,1H3/b15-11+,19-10-. The lowest BCUT2D eigenvalue weighted by Crippen LogP contribution is -2.40. The van der Waals surface area contributed by atoms with E-state index >= 15 is 0 Å². The molecule has 5 nitrogen and oxygen atoms in total. The Morgan fingerprint density at radius 1 is 1.37 bits per heavy atom. The number of aryl methyl sites for hydroxylation is 1. The van der Waals surface area contributed by atoms with Gasteiger partial charge < -0.3 is 20.9 Å². The van der Waals surface area contributed by atoms with Gasteiger partial charge in [0.05, 0.1) is 10.7 Å². The minimum atomic E-state index is -0.145. The SMILES string of the molecule is CCn1c(C2CCCN(C(=O)C(/C=C(\N)Cl)=C/N)C2)cc2cc(Cl)ccc21. The molecule has 7 heteroatoms. The van der Waals surface area contributed by atoms with Crippen molar-refractivity contribution in [3.63, 3.8) is 0 Å². The molecule has 1 fully saturated rings. The summed E-state index contributed by atoms with van der Waals surface area (Å²) in [6.45, 7) is 4.33. The number of nitrogens with zero attached hydrogens (tertiary/aromatic N) is 2. The summed E-state index contributed by atoms with van der Waals surface area (Å²) in [5.41, 5.74) is 13.8. The van der Waals surface area contributed by atoms with Crippen molar-refractivity contribution in [3.05, 3.63) is 58.0 Å². The lowest BCUT2D eigenvalue weighted by atomic mass is 9.94. The highest BCUT2D eigenvalue weighted by Crippen LogP contribution is 2.33. The van der Waals surface area contributed by atoms with Gasteiger partial charge in [-0.3, -0.25) is 4.79 Å². The first kappa shape index (κ1) is 19.6. The van der Waals surface area contributed by atoms with E-state index in [9.17, 15) is 4.79 Å². The molecule has 3 rings (SSSR count). The zero-order valence-corrected chi connectivity index (χ0v) is 16.8. The molecule has 1 aliphatic rings. The van der Waals surface area contributed by atoms with Gasteiger partial charge in [0.2, 0.25) is 0 Å². The molecule has 1 aromatic heterocycles. The summed E-state index contributed by atoms with van der Waals surface area (Å²) in [7, 11) is 0. The third kappa shape index (κ3) is 4.09. The third-order valence-electron chi connectivity index (χ3n) is 5.06. The fourth-order valence-corrected chi connectivity index (χ4v) is 4.17. The second-order valence-electron chi connectivity index (χ2n) is 6.76. The van der Waals surface area contributed by atoms with Gasteiger partial charge in [-0.05, 0) is 50.1 Å². The van der Waals surface area contributed by atoms with Gasteiger partial charge in [-0.1, -0.05) is 23.2 Å². The first-order valence-corrected chi connectivity index (χ1v) is 9.82. The van der Waals surface area contributed by atoms with Crippen LogP contribution in [0.4, 0.5) is 0 Å². The van der Waals surface area contributed by atoms with E-state index < -0.39 is 0 Å².